The number of nitrogens with zero attached hydrogens (tertiary/aromatic N) is 2. The normalized spacial score (nSPS) is 14.0. The van der Waals surface area contributed by atoms with Crippen LogP contribution in [0, 0.1) is 6.92 Å². The maximum atomic E-state index is 14.2. The fourth-order valence-electron chi connectivity index (χ4n) is 3.86. The summed E-state index contributed by atoms with van der Waals surface area (Å²) in [7, 11) is -4.17. The van der Waals surface area contributed by atoms with Gasteiger partial charge in [0.15, 0.2) is 6.29 Å². The van der Waals surface area contributed by atoms with Crippen molar-refractivity contribution in [1.29, 1.82) is 0 Å². The van der Waals surface area contributed by atoms with Crippen molar-refractivity contribution >= 4 is 22.0 Å². The van der Waals surface area contributed by atoms with Gasteiger partial charge in [-0.1, -0.05) is 0 Å². The standard InChI is InChI=1S/C24H25FN2O5S/c1-16(25)13-27(33(29,30)24-9-6-17(2)32-24)22-10-19-4-3-5-20(19)11-23(22)31-15-21-8-7-18(14-28)12-26-21/h6-12,14,16H,3-5,13,15H2,1-2H3. The second-order valence-corrected chi connectivity index (χ2v) is 9.91. The molecule has 1 unspecified atom stereocenters. The zero-order valence-corrected chi connectivity index (χ0v) is 19.3. The Bertz CT molecular complexity index is 1250. The number of carbonyl (C=O) groups is 1. The lowest BCUT2D eigenvalue weighted by Gasteiger charge is -2.27. The molecule has 0 saturated carbocycles. The number of anilines is 1. The molecule has 1 aromatic carbocycles. The number of rotatable bonds is 9. The van der Waals surface area contributed by atoms with Crippen LogP contribution in [0.3, 0.4) is 0 Å². The minimum absolute atomic E-state index is 0.0594. The Morgan fingerprint density at radius 1 is 1.21 bits per heavy atom. The zero-order valence-electron chi connectivity index (χ0n) is 18.5. The number of aromatic nitrogens is 1. The number of aldehydes is 1. The van der Waals surface area contributed by atoms with Crippen molar-refractivity contribution in [3.8, 4) is 5.75 Å². The number of aryl methyl sites for hydroxylation is 3. The summed E-state index contributed by atoms with van der Waals surface area (Å²) < 4.78 is 53.5. The van der Waals surface area contributed by atoms with Gasteiger partial charge in [-0.2, -0.15) is 8.42 Å². The molecule has 0 bridgehead atoms. The van der Waals surface area contributed by atoms with Crippen LogP contribution in [0.4, 0.5) is 10.1 Å². The summed E-state index contributed by atoms with van der Waals surface area (Å²) in [6.07, 6.45) is 3.35. The number of furan rings is 1. The highest BCUT2D eigenvalue weighted by Gasteiger charge is 2.32. The Balaban J connectivity index is 1.74. The maximum Gasteiger partial charge on any atom is 0.298 e. The number of alkyl halides is 1. The van der Waals surface area contributed by atoms with Gasteiger partial charge in [0.1, 0.15) is 24.3 Å². The summed E-state index contributed by atoms with van der Waals surface area (Å²) in [5.74, 6) is 0.765. The monoisotopic (exact) mass is 472 g/mol. The third-order valence-corrected chi connectivity index (χ3v) is 7.13. The van der Waals surface area contributed by atoms with Crippen molar-refractivity contribution in [3.63, 3.8) is 0 Å². The van der Waals surface area contributed by atoms with E-state index in [2.05, 4.69) is 4.98 Å². The molecule has 7 nitrogen and oxygen atoms in total. The van der Waals surface area contributed by atoms with E-state index in [1.807, 2.05) is 6.07 Å². The molecule has 0 spiro atoms. The molecule has 0 amide bonds. The summed E-state index contributed by atoms with van der Waals surface area (Å²) in [6, 6.07) is 9.82. The molecule has 0 aliphatic heterocycles. The number of fused-ring (bicyclic) bond motifs is 1. The molecule has 0 saturated heterocycles. The molecule has 174 valence electrons. The molecular weight excluding hydrogens is 447 g/mol. The highest BCUT2D eigenvalue weighted by molar-refractivity contribution is 7.92. The van der Waals surface area contributed by atoms with E-state index in [4.69, 9.17) is 9.15 Å². The first-order chi connectivity index (χ1) is 15.8. The van der Waals surface area contributed by atoms with Crippen LogP contribution >= 0.6 is 0 Å². The summed E-state index contributed by atoms with van der Waals surface area (Å²) >= 11 is 0. The molecule has 0 radical (unpaired) electrons. The van der Waals surface area contributed by atoms with Gasteiger partial charge in [0.05, 0.1) is 17.9 Å². The molecule has 33 heavy (non-hydrogen) atoms. The summed E-state index contributed by atoms with van der Waals surface area (Å²) in [4.78, 5) is 15.0. The third-order valence-electron chi connectivity index (χ3n) is 5.48. The first kappa shape index (κ1) is 23.0. The Morgan fingerprint density at radius 2 is 1.97 bits per heavy atom. The van der Waals surface area contributed by atoms with E-state index in [-0.39, 0.29) is 23.9 Å². The largest absolute Gasteiger partial charge is 0.485 e. The number of ether oxygens (including phenoxy) is 1. The molecule has 1 atom stereocenters. The number of benzene rings is 1. The molecule has 2 heterocycles. The maximum absolute atomic E-state index is 14.2. The highest BCUT2D eigenvalue weighted by atomic mass is 32.2. The van der Waals surface area contributed by atoms with E-state index in [1.165, 1.54) is 19.2 Å². The average Bonchev–Trinajstić information content (AvgIpc) is 3.44. The Hall–Kier alpha value is -3.20. The molecular formula is C24H25FN2O5S. The topological polar surface area (TPSA) is 89.7 Å². The van der Waals surface area contributed by atoms with E-state index < -0.39 is 16.2 Å². The molecule has 4 rings (SSSR count). The van der Waals surface area contributed by atoms with Crippen LogP contribution < -0.4 is 9.04 Å². The van der Waals surface area contributed by atoms with Crippen LogP contribution in [-0.2, 0) is 29.5 Å². The summed E-state index contributed by atoms with van der Waals surface area (Å²) in [5.41, 5.74) is 3.38. The Morgan fingerprint density at radius 3 is 2.58 bits per heavy atom. The minimum Gasteiger partial charge on any atom is -0.485 e. The molecule has 0 N–H and O–H groups in total. The average molecular weight is 473 g/mol. The van der Waals surface area contributed by atoms with E-state index in [9.17, 15) is 17.6 Å². The van der Waals surface area contributed by atoms with Crippen molar-refractivity contribution in [2.75, 3.05) is 10.8 Å². The number of halogens is 1. The zero-order chi connectivity index (χ0) is 23.6. The molecule has 2 aromatic heterocycles. The summed E-state index contributed by atoms with van der Waals surface area (Å²) in [6.45, 7) is 2.63. The Labute approximate surface area is 192 Å². The SMILES string of the molecule is Cc1ccc(S(=O)(=O)N(CC(C)F)c2cc3c(cc2OCc2ccc(C=O)cn2)CCC3)o1. The van der Waals surface area contributed by atoms with Crippen LogP contribution in [0.5, 0.6) is 5.75 Å². The van der Waals surface area contributed by atoms with Gasteiger partial charge in [-0.05, 0) is 80.6 Å². The van der Waals surface area contributed by atoms with Gasteiger partial charge in [0.2, 0.25) is 5.09 Å². The van der Waals surface area contributed by atoms with Crippen molar-refractivity contribution < 1.29 is 26.8 Å². The van der Waals surface area contributed by atoms with Crippen LogP contribution in [0.25, 0.3) is 0 Å². The van der Waals surface area contributed by atoms with Crippen LogP contribution in [0.2, 0.25) is 0 Å². The van der Waals surface area contributed by atoms with Gasteiger partial charge in [-0.3, -0.25) is 14.1 Å². The van der Waals surface area contributed by atoms with Crippen molar-refractivity contribution in [1.82, 2.24) is 4.98 Å². The first-order valence-corrected chi connectivity index (χ1v) is 12.1. The van der Waals surface area contributed by atoms with Crippen LogP contribution in [0.15, 0.2) is 52.1 Å². The van der Waals surface area contributed by atoms with Crippen molar-refractivity contribution in [2.24, 2.45) is 0 Å². The second-order valence-electron chi connectivity index (χ2n) is 8.11. The van der Waals surface area contributed by atoms with Gasteiger partial charge in [0.25, 0.3) is 10.0 Å². The number of hydrogen-bond acceptors (Lipinski definition) is 6. The Kier molecular flexibility index (Phi) is 6.51. The summed E-state index contributed by atoms with van der Waals surface area (Å²) in [5, 5.41) is -0.252. The van der Waals surface area contributed by atoms with E-state index >= 15 is 0 Å². The van der Waals surface area contributed by atoms with E-state index in [0.29, 0.717) is 29.1 Å². The molecule has 9 heteroatoms. The van der Waals surface area contributed by atoms with E-state index in [1.54, 1.807) is 31.2 Å². The van der Waals surface area contributed by atoms with Crippen molar-refractivity contribution in [2.45, 2.75) is 51.0 Å². The number of pyridine rings is 1. The lowest BCUT2D eigenvalue weighted by molar-refractivity contribution is 0.112. The fraction of sp³-hybridized carbons (Fsp3) is 0.333. The van der Waals surface area contributed by atoms with Gasteiger partial charge in [-0.15, -0.1) is 0 Å². The quantitative estimate of drug-likeness (QED) is 0.429. The predicted octanol–water partition coefficient (Wildman–Crippen LogP) is 4.42. The molecule has 1 aliphatic carbocycles. The number of sulfonamides is 1. The van der Waals surface area contributed by atoms with Crippen molar-refractivity contribution in [3.05, 3.63) is 70.7 Å². The lowest BCUT2D eigenvalue weighted by Crippen LogP contribution is -2.35. The predicted molar refractivity (Wildman–Crippen MR) is 121 cm³/mol. The molecule has 0 fully saturated rings. The number of carbonyl (C=O) groups excluding carboxylic acids is 1. The lowest BCUT2D eigenvalue weighted by atomic mass is 10.1. The van der Waals surface area contributed by atoms with Gasteiger partial charge >= 0.3 is 0 Å². The minimum atomic E-state index is -4.17. The fourth-order valence-corrected chi connectivity index (χ4v) is 5.35. The smallest absolute Gasteiger partial charge is 0.298 e. The second kappa shape index (κ2) is 9.35. The molecule has 3 aromatic rings. The first-order valence-electron chi connectivity index (χ1n) is 10.7. The highest BCUT2D eigenvalue weighted by Crippen LogP contribution is 2.39. The van der Waals surface area contributed by atoms with Crippen LogP contribution in [-0.4, -0.2) is 32.4 Å². The van der Waals surface area contributed by atoms with Gasteiger partial charge in [0, 0.05) is 11.8 Å². The molecule has 1 aliphatic rings. The number of hydrogen-bond donors (Lipinski definition) is 0. The third kappa shape index (κ3) is 4.93. The van der Waals surface area contributed by atoms with Gasteiger partial charge in [-0.25, -0.2) is 4.39 Å². The van der Waals surface area contributed by atoms with E-state index in [0.717, 1.165) is 34.7 Å². The van der Waals surface area contributed by atoms with Gasteiger partial charge < -0.3 is 9.15 Å². The van der Waals surface area contributed by atoms with Crippen LogP contribution in [0.1, 0.15) is 46.3 Å².